The first-order valence-electron chi connectivity index (χ1n) is 18.1. The van der Waals surface area contributed by atoms with Crippen molar-refractivity contribution in [2.75, 3.05) is 39.4 Å². The van der Waals surface area contributed by atoms with Crippen molar-refractivity contribution >= 4 is 81.4 Å². The maximum absolute atomic E-state index is 13.4. The number of amides is 2. The fourth-order valence-corrected chi connectivity index (χ4v) is 8.77. The van der Waals surface area contributed by atoms with Crippen molar-refractivity contribution in [2.45, 2.75) is 88.8 Å². The second-order valence-corrected chi connectivity index (χ2v) is 21.1. The molecule has 4 rings (SSSR count). The summed E-state index contributed by atoms with van der Waals surface area (Å²) < 4.78 is 44.6. The highest BCUT2D eigenvalue weighted by molar-refractivity contribution is 7.91. The number of nitrogens with one attached hydrogen (secondary N) is 3. The van der Waals surface area contributed by atoms with Crippen LogP contribution in [0.4, 0.5) is 4.79 Å². The van der Waals surface area contributed by atoms with Crippen LogP contribution in [0, 0.1) is 11.8 Å². The van der Waals surface area contributed by atoms with Crippen LogP contribution in [-0.2, 0) is 22.7 Å². The van der Waals surface area contributed by atoms with Crippen LogP contribution in [0.15, 0.2) is 41.9 Å². The van der Waals surface area contributed by atoms with E-state index in [1.807, 2.05) is 41.5 Å². The van der Waals surface area contributed by atoms with E-state index < -0.39 is 38.3 Å². The van der Waals surface area contributed by atoms with Crippen LogP contribution in [0.3, 0.4) is 0 Å². The zero-order chi connectivity index (χ0) is 39.8. The molecule has 0 aliphatic carbocycles. The standard InChI is InChI=1S/C38H53Cl4N5O5S2/c1-8-18-51-32-22-30(41)28(39)20-26(32)35(46-54(50)38(5,6)7)25-11-16-47(17-12-25)36(48)44-15-19-52-33-23-31(42)29(40)21-27(33)34(24-9-13-43-14-10-24)45-53(49)37(2,3)4/h8,15,20-25,34-35,43,45-46H,1,9-14,16-19H2,2-7H3. The van der Waals surface area contributed by atoms with Gasteiger partial charge in [-0.1, -0.05) is 59.1 Å². The molecule has 2 heterocycles. The van der Waals surface area contributed by atoms with E-state index in [-0.39, 0.29) is 37.1 Å². The topological polar surface area (TPSA) is 133 Å². The number of hydrogen-bond acceptors (Lipinski definition) is 8. The van der Waals surface area contributed by atoms with Gasteiger partial charge < -0.3 is 28.8 Å². The summed E-state index contributed by atoms with van der Waals surface area (Å²) in [5.74, 6) is 1.19. The molecule has 0 saturated carbocycles. The Bertz CT molecular complexity index is 1610. The van der Waals surface area contributed by atoms with Gasteiger partial charge in [-0.2, -0.15) is 0 Å². The lowest BCUT2D eigenvalue weighted by Crippen LogP contribution is -2.46. The van der Waals surface area contributed by atoms with Crippen molar-refractivity contribution in [1.82, 2.24) is 19.7 Å². The third-order valence-electron chi connectivity index (χ3n) is 9.36. The van der Waals surface area contributed by atoms with Crippen LogP contribution in [0.1, 0.15) is 90.4 Å². The van der Waals surface area contributed by atoms with Gasteiger partial charge in [0.25, 0.3) is 0 Å². The average molecular weight is 866 g/mol. The Kier molecular flexibility index (Phi) is 17.0. The summed E-state index contributed by atoms with van der Waals surface area (Å²) in [6.45, 7) is 18.1. The minimum absolute atomic E-state index is 0.00169. The van der Waals surface area contributed by atoms with E-state index in [1.54, 1.807) is 35.2 Å². The van der Waals surface area contributed by atoms with E-state index >= 15 is 0 Å². The molecule has 2 amide bonds. The number of urea groups is 1. The summed E-state index contributed by atoms with van der Waals surface area (Å²) in [6, 6.07) is 5.79. The summed E-state index contributed by atoms with van der Waals surface area (Å²) in [5, 5.41) is 4.80. The molecule has 2 aliphatic heterocycles. The minimum Gasteiger partial charge on any atom is -0.598 e. The molecule has 54 heavy (non-hydrogen) atoms. The highest BCUT2D eigenvalue weighted by atomic mass is 35.5. The summed E-state index contributed by atoms with van der Waals surface area (Å²) in [5.41, 5.74) is 1.50. The number of nitrogens with zero attached hydrogens (tertiary/aromatic N) is 2. The first-order valence-corrected chi connectivity index (χ1v) is 21.9. The molecule has 10 nitrogen and oxygen atoms in total. The Morgan fingerprint density at radius 1 is 0.833 bits per heavy atom. The quantitative estimate of drug-likeness (QED) is 0.0974. The molecule has 0 bridgehead atoms. The first-order chi connectivity index (χ1) is 25.4. The summed E-state index contributed by atoms with van der Waals surface area (Å²) >= 11 is 23.0. The molecule has 2 saturated heterocycles. The number of hydrogen-bond donors (Lipinski definition) is 3. The molecule has 300 valence electrons. The summed E-state index contributed by atoms with van der Waals surface area (Å²) in [7, 11) is 0. The first kappa shape index (κ1) is 45.3. The van der Waals surface area contributed by atoms with Gasteiger partial charge in [0, 0.05) is 65.3 Å². The molecule has 2 aromatic rings. The van der Waals surface area contributed by atoms with Crippen molar-refractivity contribution in [1.29, 1.82) is 0 Å². The van der Waals surface area contributed by atoms with Crippen molar-refractivity contribution < 1.29 is 23.4 Å². The fraction of sp³-hybridized carbons (Fsp3) is 0.579. The Morgan fingerprint density at radius 2 is 1.26 bits per heavy atom. The van der Waals surface area contributed by atoms with Crippen LogP contribution >= 0.6 is 46.4 Å². The molecular formula is C38H53Cl4N5O5S2. The molecule has 2 fully saturated rings. The number of benzene rings is 2. The van der Waals surface area contributed by atoms with E-state index in [1.165, 1.54) is 6.21 Å². The lowest BCUT2D eigenvalue weighted by Gasteiger charge is -2.37. The third kappa shape index (κ3) is 12.5. The van der Waals surface area contributed by atoms with Crippen LogP contribution in [-0.4, -0.2) is 75.1 Å². The molecule has 0 radical (unpaired) electrons. The van der Waals surface area contributed by atoms with E-state index in [0.717, 1.165) is 37.1 Å². The molecule has 16 heteroatoms. The Labute approximate surface area is 347 Å². The number of halogens is 4. The average Bonchev–Trinajstić information content (AvgIpc) is 3.12. The number of aliphatic imine (C=N–C) groups is 1. The molecular weight excluding hydrogens is 812 g/mol. The molecule has 0 aromatic heterocycles. The van der Waals surface area contributed by atoms with Gasteiger partial charge in [0.2, 0.25) is 0 Å². The Hall–Kier alpha value is -1.42. The van der Waals surface area contributed by atoms with Crippen molar-refractivity contribution in [3.63, 3.8) is 0 Å². The van der Waals surface area contributed by atoms with E-state index in [0.29, 0.717) is 57.5 Å². The lowest BCUT2D eigenvalue weighted by molar-refractivity contribution is 0.167. The zero-order valence-electron chi connectivity index (χ0n) is 31.8. The minimum atomic E-state index is -1.41. The van der Waals surface area contributed by atoms with Crippen LogP contribution < -0.4 is 24.2 Å². The van der Waals surface area contributed by atoms with Gasteiger partial charge in [-0.15, -0.1) is 9.44 Å². The van der Waals surface area contributed by atoms with Crippen molar-refractivity contribution in [3.8, 4) is 11.5 Å². The normalized spacial score (nSPS) is 18.7. The van der Waals surface area contributed by atoms with Gasteiger partial charge >= 0.3 is 6.03 Å². The molecule has 0 spiro atoms. The second-order valence-electron chi connectivity index (χ2n) is 15.5. The Morgan fingerprint density at radius 3 is 1.70 bits per heavy atom. The van der Waals surface area contributed by atoms with Gasteiger partial charge in [-0.25, -0.2) is 9.79 Å². The molecule has 2 aliphatic rings. The molecule has 2 aromatic carbocycles. The van der Waals surface area contributed by atoms with E-state index in [2.05, 4.69) is 26.3 Å². The summed E-state index contributed by atoms with van der Waals surface area (Å²) in [6.07, 6.45) is 6.08. The predicted octanol–water partition coefficient (Wildman–Crippen LogP) is 9.03. The zero-order valence-corrected chi connectivity index (χ0v) is 36.5. The monoisotopic (exact) mass is 863 g/mol. The fourth-order valence-electron chi connectivity index (χ4n) is 6.31. The lowest BCUT2D eigenvalue weighted by atomic mass is 9.85. The van der Waals surface area contributed by atoms with Gasteiger partial charge in [-0.05, 0) is 104 Å². The third-order valence-corrected chi connectivity index (χ3v) is 14.0. The van der Waals surface area contributed by atoms with E-state index in [9.17, 15) is 13.9 Å². The van der Waals surface area contributed by atoms with Crippen LogP contribution in [0.2, 0.25) is 20.1 Å². The highest BCUT2D eigenvalue weighted by Crippen LogP contribution is 2.42. The number of carbonyl (C=O) groups excluding carboxylic acids is 1. The number of ether oxygens (including phenoxy) is 2. The number of rotatable bonds is 14. The Balaban J connectivity index is 1.46. The SMILES string of the molecule is C=CCOc1cc(Cl)c(Cl)cc1C(N[S+]([O-])C(C)(C)C)C1CCN(C(=O)N=CCOc2cc(Cl)c(Cl)cc2C(N[S+]([O-])C(C)(C)C)C2CCNCC2)CC1. The maximum Gasteiger partial charge on any atom is 0.343 e. The van der Waals surface area contributed by atoms with Crippen molar-refractivity contribution in [3.05, 3.63) is 68.1 Å². The van der Waals surface area contributed by atoms with Gasteiger partial charge in [0.15, 0.2) is 0 Å². The number of piperidine rings is 2. The largest absolute Gasteiger partial charge is 0.598 e. The predicted molar refractivity (Wildman–Crippen MR) is 225 cm³/mol. The highest BCUT2D eigenvalue weighted by Gasteiger charge is 2.38. The summed E-state index contributed by atoms with van der Waals surface area (Å²) in [4.78, 5) is 19.2. The van der Waals surface area contributed by atoms with Crippen LogP contribution in [0.25, 0.3) is 0 Å². The van der Waals surface area contributed by atoms with Gasteiger partial charge in [0.05, 0.1) is 32.2 Å². The van der Waals surface area contributed by atoms with Crippen molar-refractivity contribution in [2.24, 2.45) is 16.8 Å². The van der Waals surface area contributed by atoms with Gasteiger partial charge in [-0.3, -0.25) is 0 Å². The van der Waals surface area contributed by atoms with E-state index in [4.69, 9.17) is 55.9 Å². The molecule has 4 atom stereocenters. The molecule has 4 unspecified atom stereocenters. The van der Waals surface area contributed by atoms with Gasteiger partial charge in [0.1, 0.15) is 34.2 Å². The number of likely N-dealkylation sites (tertiary alicyclic amines) is 1. The maximum atomic E-state index is 13.4. The van der Waals surface area contributed by atoms with Crippen LogP contribution in [0.5, 0.6) is 11.5 Å². The smallest absolute Gasteiger partial charge is 0.343 e. The second kappa shape index (κ2) is 20.3. The number of carbonyl (C=O) groups is 1. The molecule has 3 N–H and O–H groups in total.